The first kappa shape index (κ1) is 23.4. The van der Waals surface area contributed by atoms with Gasteiger partial charge < -0.3 is 4.90 Å². The number of aryl methyl sites for hydroxylation is 1. The fourth-order valence-electron chi connectivity index (χ4n) is 3.90. The Bertz CT molecular complexity index is 1130. The molecule has 1 atom stereocenters. The fourth-order valence-corrected chi connectivity index (χ4v) is 5.87. The van der Waals surface area contributed by atoms with Gasteiger partial charge in [-0.2, -0.15) is 0 Å². The van der Waals surface area contributed by atoms with Gasteiger partial charge in [0.25, 0.3) is 5.91 Å². The van der Waals surface area contributed by atoms with Crippen molar-refractivity contribution in [1.82, 2.24) is 10.2 Å². The first-order valence-electron chi connectivity index (χ1n) is 11.4. The molecule has 0 bridgehead atoms. The van der Waals surface area contributed by atoms with Crippen molar-refractivity contribution in [1.29, 1.82) is 0 Å². The molecule has 1 saturated heterocycles. The Hall–Kier alpha value is -2.71. The summed E-state index contributed by atoms with van der Waals surface area (Å²) in [6.45, 7) is 4.83. The lowest BCUT2D eigenvalue weighted by Gasteiger charge is -2.19. The van der Waals surface area contributed by atoms with Crippen LogP contribution in [-0.4, -0.2) is 34.3 Å². The van der Waals surface area contributed by atoms with Gasteiger partial charge in [-0.25, -0.2) is 0 Å². The minimum absolute atomic E-state index is 0.0255. The Kier molecular flexibility index (Phi) is 7.77. The number of thioether (sulfide) groups is 1. The molecule has 1 aromatic heterocycles. The van der Waals surface area contributed by atoms with E-state index in [-0.39, 0.29) is 17.7 Å². The summed E-state index contributed by atoms with van der Waals surface area (Å²) in [7, 11) is 0. The predicted octanol–water partition coefficient (Wildman–Crippen LogP) is 5.77. The molecule has 1 unspecified atom stereocenters. The van der Waals surface area contributed by atoms with Gasteiger partial charge in [-0.3, -0.25) is 14.9 Å². The number of benzene rings is 2. The Morgan fingerprint density at radius 3 is 2.76 bits per heavy atom. The standard InChI is InChI=1S/C25H28N4O2S2/c1-3-5-14-32-21-13-9-7-11-19(21)23(31)26-25-28-27-24(33-25)18-15-22(30)29(16-18)20-12-8-6-10-17(20)4-2/h6-13,18H,3-5,14-16H2,1-2H3,(H,26,28,31). The lowest BCUT2D eigenvalue weighted by molar-refractivity contribution is -0.117. The average Bonchev–Trinajstić information content (AvgIpc) is 3.46. The van der Waals surface area contributed by atoms with E-state index in [0.717, 1.165) is 46.2 Å². The number of amides is 2. The summed E-state index contributed by atoms with van der Waals surface area (Å²) >= 11 is 3.05. The van der Waals surface area contributed by atoms with Crippen LogP contribution in [0.15, 0.2) is 53.4 Å². The smallest absolute Gasteiger partial charge is 0.258 e. The summed E-state index contributed by atoms with van der Waals surface area (Å²) in [6.07, 6.45) is 3.51. The first-order chi connectivity index (χ1) is 16.1. The molecule has 4 rings (SSSR count). The van der Waals surface area contributed by atoms with Crippen LogP contribution in [0, 0.1) is 0 Å². The van der Waals surface area contributed by atoms with E-state index in [1.807, 2.05) is 47.4 Å². The van der Waals surface area contributed by atoms with Gasteiger partial charge in [0.05, 0.1) is 5.56 Å². The third-order valence-electron chi connectivity index (χ3n) is 5.69. The number of carbonyl (C=O) groups is 2. The van der Waals surface area contributed by atoms with Gasteiger partial charge in [0.1, 0.15) is 5.01 Å². The van der Waals surface area contributed by atoms with Crippen LogP contribution in [0.3, 0.4) is 0 Å². The molecule has 6 nitrogen and oxygen atoms in total. The molecule has 1 N–H and O–H groups in total. The van der Waals surface area contributed by atoms with Crippen molar-refractivity contribution in [2.24, 2.45) is 0 Å². The molecule has 172 valence electrons. The predicted molar refractivity (Wildman–Crippen MR) is 135 cm³/mol. The third-order valence-corrected chi connectivity index (χ3v) is 7.85. The second-order valence-corrected chi connectivity index (χ2v) is 10.1. The number of nitrogens with zero attached hydrogens (tertiary/aromatic N) is 3. The summed E-state index contributed by atoms with van der Waals surface area (Å²) < 4.78 is 0. The zero-order chi connectivity index (χ0) is 23.2. The molecular formula is C25H28N4O2S2. The average molecular weight is 481 g/mol. The number of para-hydroxylation sites is 1. The van der Waals surface area contributed by atoms with Gasteiger partial charge in [0.15, 0.2) is 0 Å². The monoisotopic (exact) mass is 480 g/mol. The Balaban J connectivity index is 1.44. The highest BCUT2D eigenvalue weighted by Crippen LogP contribution is 2.36. The molecule has 8 heteroatoms. The van der Waals surface area contributed by atoms with E-state index in [9.17, 15) is 9.59 Å². The lowest BCUT2D eigenvalue weighted by atomic mass is 10.1. The molecule has 2 aromatic carbocycles. The van der Waals surface area contributed by atoms with Crippen LogP contribution in [-0.2, 0) is 11.2 Å². The van der Waals surface area contributed by atoms with Gasteiger partial charge in [0, 0.05) is 29.5 Å². The zero-order valence-electron chi connectivity index (χ0n) is 18.9. The van der Waals surface area contributed by atoms with E-state index < -0.39 is 0 Å². The maximum atomic E-state index is 12.9. The van der Waals surface area contributed by atoms with Crippen molar-refractivity contribution in [3.05, 3.63) is 64.7 Å². The third kappa shape index (κ3) is 5.45. The van der Waals surface area contributed by atoms with Crippen molar-refractivity contribution < 1.29 is 9.59 Å². The minimum Gasteiger partial charge on any atom is -0.311 e. The number of hydrogen-bond donors (Lipinski definition) is 1. The highest BCUT2D eigenvalue weighted by Gasteiger charge is 2.34. The van der Waals surface area contributed by atoms with E-state index >= 15 is 0 Å². The van der Waals surface area contributed by atoms with Crippen molar-refractivity contribution in [3.8, 4) is 0 Å². The van der Waals surface area contributed by atoms with Gasteiger partial charge in [0.2, 0.25) is 11.0 Å². The number of rotatable bonds is 9. The largest absolute Gasteiger partial charge is 0.311 e. The van der Waals surface area contributed by atoms with Gasteiger partial charge in [-0.05, 0) is 42.4 Å². The minimum atomic E-state index is -0.182. The van der Waals surface area contributed by atoms with E-state index in [2.05, 4.69) is 35.4 Å². The molecule has 1 fully saturated rings. The first-order valence-corrected chi connectivity index (χ1v) is 13.2. The van der Waals surface area contributed by atoms with E-state index in [0.29, 0.717) is 23.7 Å². The molecule has 0 spiro atoms. The van der Waals surface area contributed by atoms with Crippen LogP contribution >= 0.6 is 23.1 Å². The van der Waals surface area contributed by atoms with E-state index in [1.165, 1.54) is 11.3 Å². The van der Waals surface area contributed by atoms with Crippen molar-refractivity contribution in [3.63, 3.8) is 0 Å². The van der Waals surface area contributed by atoms with Gasteiger partial charge >= 0.3 is 0 Å². The molecule has 0 radical (unpaired) electrons. The number of nitrogens with one attached hydrogen (secondary N) is 1. The molecular weight excluding hydrogens is 452 g/mol. The summed E-state index contributed by atoms with van der Waals surface area (Å²) in [6, 6.07) is 15.7. The molecule has 0 aliphatic carbocycles. The highest BCUT2D eigenvalue weighted by molar-refractivity contribution is 7.99. The second-order valence-electron chi connectivity index (χ2n) is 7.99. The zero-order valence-corrected chi connectivity index (χ0v) is 20.5. The topological polar surface area (TPSA) is 75.2 Å². The number of unbranched alkanes of at least 4 members (excludes halogenated alkanes) is 1. The number of aromatic nitrogens is 2. The molecule has 0 saturated carbocycles. The SMILES string of the molecule is CCCCSc1ccccc1C(=O)Nc1nnc(C2CC(=O)N(c3ccccc3CC)C2)s1. The fraction of sp³-hybridized carbons (Fsp3) is 0.360. The lowest BCUT2D eigenvalue weighted by Crippen LogP contribution is -2.25. The van der Waals surface area contributed by atoms with Gasteiger partial charge in [-0.15, -0.1) is 22.0 Å². The van der Waals surface area contributed by atoms with Crippen LogP contribution in [0.4, 0.5) is 10.8 Å². The molecule has 2 heterocycles. The summed E-state index contributed by atoms with van der Waals surface area (Å²) in [4.78, 5) is 28.5. The van der Waals surface area contributed by atoms with Crippen LogP contribution < -0.4 is 10.2 Å². The van der Waals surface area contributed by atoms with Crippen molar-refractivity contribution >= 4 is 45.7 Å². The maximum Gasteiger partial charge on any atom is 0.258 e. The number of hydrogen-bond acceptors (Lipinski definition) is 6. The van der Waals surface area contributed by atoms with E-state index in [4.69, 9.17) is 0 Å². The summed E-state index contributed by atoms with van der Waals surface area (Å²) in [5.74, 6) is 0.873. The number of anilines is 2. The Labute approximate surface area is 202 Å². The Morgan fingerprint density at radius 1 is 1.15 bits per heavy atom. The van der Waals surface area contributed by atoms with Crippen LogP contribution in [0.1, 0.15) is 60.0 Å². The van der Waals surface area contributed by atoms with E-state index in [1.54, 1.807) is 11.8 Å². The molecule has 1 aliphatic rings. The van der Waals surface area contributed by atoms with Crippen LogP contribution in [0.2, 0.25) is 0 Å². The Morgan fingerprint density at radius 2 is 1.94 bits per heavy atom. The van der Waals surface area contributed by atoms with Crippen molar-refractivity contribution in [2.45, 2.75) is 50.3 Å². The summed E-state index contributed by atoms with van der Waals surface area (Å²) in [5, 5.41) is 12.6. The maximum absolute atomic E-state index is 12.9. The molecule has 2 amide bonds. The van der Waals surface area contributed by atoms with Gasteiger partial charge in [-0.1, -0.05) is 61.9 Å². The number of carbonyl (C=O) groups excluding carboxylic acids is 2. The normalized spacial score (nSPS) is 15.8. The van der Waals surface area contributed by atoms with Crippen LogP contribution in [0.25, 0.3) is 0 Å². The van der Waals surface area contributed by atoms with Crippen LogP contribution in [0.5, 0.6) is 0 Å². The highest BCUT2D eigenvalue weighted by atomic mass is 32.2. The molecule has 33 heavy (non-hydrogen) atoms. The molecule has 3 aromatic rings. The summed E-state index contributed by atoms with van der Waals surface area (Å²) in [5.41, 5.74) is 2.78. The van der Waals surface area contributed by atoms with Crippen molar-refractivity contribution in [2.75, 3.05) is 22.5 Å². The molecule has 1 aliphatic heterocycles. The second kappa shape index (κ2) is 10.9. The quantitative estimate of drug-likeness (QED) is 0.311.